The first-order valence-electron chi connectivity index (χ1n) is 5.67. The van der Waals surface area contributed by atoms with E-state index in [4.69, 9.17) is 23.2 Å². The molecule has 0 heterocycles. The molecule has 0 saturated heterocycles. The molecule has 0 aromatic heterocycles. The van der Waals surface area contributed by atoms with Gasteiger partial charge in [-0.25, -0.2) is 0 Å². The lowest BCUT2D eigenvalue weighted by molar-refractivity contribution is 0.0979. The number of rotatable bonds is 3. The highest BCUT2D eigenvalue weighted by Gasteiger charge is 2.23. The van der Waals surface area contributed by atoms with Gasteiger partial charge in [0.05, 0.1) is 11.1 Å². The van der Waals surface area contributed by atoms with Crippen LogP contribution in [0.2, 0.25) is 10.0 Å². The van der Waals surface area contributed by atoms with Crippen LogP contribution in [0.25, 0.3) is 0 Å². The van der Waals surface area contributed by atoms with Crippen molar-refractivity contribution >= 4 is 44.9 Å². The van der Waals surface area contributed by atoms with E-state index in [9.17, 15) is 10.1 Å². The molecular formula is C15H8BrCl2NO. The zero-order chi connectivity index (χ0) is 14.7. The van der Waals surface area contributed by atoms with Crippen molar-refractivity contribution in [3.63, 3.8) is 0 Å². The Bertz CT molecular complexity index is 709. The standard InChI is InChI=1S/C15H8BrCl2NO/c16-10-3-1-2-9(6-10)13(8-19)15(20)12-5-4-11(17)7-14(12)18/h1-7,13H. The van der Waals surface area contributed by atoms with Gasteiger partial charge >= 0.3 is 0 Å². The Labute approximate surface area is 135 Å². The SMILES string of the molecule is N#CC(C(=O)c1ccc(Cl)cc1Cl)c1cccc(Br)c1. The van der Waals surface area contributed by atoms with Crippen molar-refractivity contribution in [1.82, 2.24) is 0 Å². The summed E-state index contributed by atoms with van der Waals surface area (Å²) in [5.74, 6) is -1.24. The van der Waals surface area contributed by atoms with Crippen molar-refractivity contribution in [3.05, 3.63) is 68.1 Å². The van der Waals surface area contributed by atoms with Gasteiger partial charge in [-0.05, 0) is 35.9 Å². The van der Waals surface area contributed by atoms with E-state index < -0.39 is 5.92 Å². The molecule has 0 saturated carbocycles. The molecule has 0 radical (unpaired) electrons. The predicted octanol–water partition coefficient (Wildman–Crippen LogP) is 5.25. The van der Waals surface area contributed by atoms with Crippen molar-refractivity contribution in [1.29, 1.82) is 5.26 Å². The Morgan fingerprint density at radius 2 is 1.95 bits per heavy atom. The van der Waals surface area contributed by atoms with Gasteiger partial charge in [0, 0.05) is 15.1 Å². The minimum absolute atomic E-state index is 0.248. The average Bonchev–Trinajstić information content (AvgIpc) is 2.39. The average molecular weight is 369 g/mol. The summed E-state index contributed by atoms with van der Waals surface area (Å²) in [5, 5.41) is 9.99. The number of carbonyl (C=O) groups is 1. The molecule has 1 unspecified atom stereocenters. The molecule has 100 valence electrons. The Hall–Kier alpha value is -1.34. The number of hydrogen-bond donors (Lipinski definition) is 0. The molecule has 0 spiro atoms. The highest BCUT2D eigenvalue weighted by atomic mass is 79.9. The Balaban J connectivity index is 2.42. The van der Waals surface area contributed by atoms with Crippen molar-refractivity contribution in [2.45, 2.75) is 5.92 Å². The van der Waals surface area contributed by atoms with Crippen LogP contribution in [-0.4, -0.2) is 5.78 Å². The first-order valence-corrected chi connectivity index (χ1v) is 7.22. The number of hydrogen-bond acceptors (Lipinski definition) is 2. The zero-order valence-corrected chi connectivity index (χ0v) is 13.2. The van der Waals surface area contributed by atoms with Crippen molar-refractivity contribution in [3.8, 4) is 6.07 Å². The van der Waals surface area contributed by atoms with Crippen LogP contribution in [0.4, 0.5) is 0 Å². The Kier molecular flexibility index (Phi) is 4.82. The van der Waals surface area contributed by atoms with Gasteiger partial charge in [0.25, 0.3) is 0 Å². The van der Waals surface area contributed by atoms with Crippen LogP contribution in [-0.2, 0) is 0 Å². The molecule has 0 bridgehead atoms. The molecule has 0 aliphatic carbocycles. The summed E-state index contributed by atoms with van der Waals surface area (Å²) in [6.45, 7) is 0. The van der Waals surface area contributed by atoms with Gasteiger partial charge < -0.3 is 0 Å². The number of benzene rings is 2. The summed E-state index contributed by atoms with van der Waals surface area (Å²) < 4.78 is 0.810. The number of nitriles is 1. The highest BCUT2D eigenvalue weighted by molar-refractivity contribution is 9.10. The van der Waals surface area contributed by atoms with E-state index in [0.717, 1.165) is 4.47 Å². The lowest BCUT2D eigenvalue weighted by Gasteiger charge is -2.10. The molecule has 5 heteroatoms. The second-order valence-corrected chi connectivity index (χ2v) is 5.86. The first-order chi connectivity index (χ1) is 9.52. The Morgan fingerprint density at radius 3 is 2.55 bits per heavy atom. The highest BCUT2D eigenvalue weighted by Crippen LogP contribution is 2.28. The largest absolute Gasteiger partial charge is 0.292 e. The van der Waals surface area contributed by atoms with E-state index in [1.54, 1.807) is 24.3 Å². The van der Waals surface area contributed by atoms with E-state index >= 15 is 0 Å². The van der Waals surface area contributed by atoms with Crippen LogP contribution in [0.1, 0.15) is 21.8 Å². The van der Waals surface area contributed by atoms with Crippen molar-refractivity contribution < 1.29 is 4.79 Å². The number of carbonyl (C=O) groups excluding carboxylic acids is 1. The molecule has 2 aromatic carbocycles. The maximum atomic E-state index is 12.5. The summed E-state index contributed by atoms with van der Waals surface area (Å²) >= 11 is 15.2. The molecule has 2 aromatic rings. The lowest BCUT2D eigenvalue weighted by atomic mass is 9.92. The van der Waals surface area contributed by atoms with E-state index in [1.807, 2.05) is 12.1 Å². The van der Waals surface area contributed by atoms with Gasteiger partial charge in [-0.1, -0.05) is 51.3 Å². The maximum Gasteiger partial charge on any atom is 0.185 e. The second-order valence-electron chi connectivity index (χ2n) is 4.11. The number of halogens is 3. The third-order valence-corrected chi connectivity index (χ3v) is 3.81. The molecule has 2 nitrogen and oxygen atoms in total. The predicted molar refractivity (Wildman–Crippen MR) is 83.3 cm³/mol. The van der Waals surface area contributed by atoms with Crippen molar-refractivity contribution in [2.24, 2.45) is 0 Å². The fourth-order valence-corrected chi connectivity index (χ4v) is 2.73. The van der Waals surface area contributed by atoms with Crippen LogP contribution in [0.15, 0.2) is 46.9 Å². The normalized spacial score (nSPS) is 11.7. The van der Waals surface area contributed by atoms with Gasteiger partial charge in [0.15, 0.2) is 5.78 Å². The second kappa shape index (κ2) is 6.41. The van der Waals surface area contributed by atoms with Gasteiger partial charge in [-0.15, -0.1) is 0 Å². The number of Topliss-reactive ketones (excluding diaryl/α,β-unsaturated/α-hetero) is 1. The topological polar surface area (TPSA) is 40.9 Å². The van der Waals surface area contributed by atoms with Gasteiger partial charge in [-0.2, -0.15) is 5.26 Å². The van der Waals surface area contributed by atoms with E-state index in [0.29, 0.717) is 16.1 Å². The molecular weight excluding hydrogens is 361 g/mol. The summed E-state index contributed by atoms with van der Waals surface area (Å²) in [4.78, 5) is 12.5. The van der Waals surface area contributed by atoms with Crippen LogP contribution in [0, 0.1) is 11.3 Å². The maximum absolute atomic E-state index is 12.5. The first kappa shape index (κ1) is 15.1. The lowest BCUT2D eigenvalue weighted by Crippen LogP contribution is -2.11. The summed E-state index contributed by atoms with van der Waals surface area (Å²) in [5.41, 5.74) is 0.917. The molecule has 0 aliphatic rings. The monoisotopic (exact) mass is 367 g/mol. The summed E-state index contributed by atoms with van der Waals surface area (Å²) in [6.07, 6.45) is 0. The smallest absolute Gasteiger partial charge is 0.185 e. The molecule has 0 amide bonds. The third kappa shape index (κ3) is 3.21. The van der Waals surface area contributed by atoms with Gasteiger partial charge in [0.2, 0.25) is 0 Å². The quantitative estimate of drug-likeness (QED) is 0.694. The van der Waals surface area contributed by atoms with Crippen LogP contribution in [0.5, 0.6) is 0 Å². The molecule has 0 aliphatic heterocycles. The van der Waals surface area contributed by atoms with E-state index in [1.165, 1.54) is 12.1 Å². The number of nitrogens with zero attached hydrogens (tertiary/aromatic N) is 1. The molecule has 0 fully saturated rings. The Morgan fingerprint density at radius 1 is 1.20 bits per heavy atom. The summed E-state index contributed by atoms with van der Waals surface area (Å²) in [6, 6.07) is 13.7. The minimum Gasteiger partial charge on any atom is -0.292 e. The van der Waals surface area contributed by atoms with Gasteiger partial charge in [0.1, 0.15) is 5.92 Å². The van der Waals surface area contributed by atoms with Crippen LogP contribution >= 0.6 is 39.1 Å². The van der Waals surface area contributed by atoms with E-state index in [-0.39, 0.29) is 10.8 Å². The minimum atomic E-state index is -0.897. The van der Waals surface area contributed by atoms with Crippen molar-refractivity contribution in [2.75, 3.05) is 0 Å². The molecule has 2 rings (SSSR count). The zero-order valence-electron chi connectivity index (χ0n) is 10.1. The van der Waals surface area contributed by atoms with Gasteiger partial charge in [-0.3, -0.25) is 4.79 Å². The molecule has 20 heavy (non-hydrogen) atoms. The molecule has 1 atom stereocenters. The van der Waals surface area contributed by atoms with E-state index in [2.05, 4.69) is 15.9 Å². The fraction of sp³-hybridized carbons (Fsp3) is 0.0667. The summed E-state index contributed by atoms with van der Waals surface area (Å²) in [7, 11) is 0. The molecule has 0 N–H and O–H groups in total. The fourth-order valence-electron chi connectivity index (χ4n) is 1.82. The number of ketones is 1. The third-order valence-electron chi connectivity index (χ3n) is 2.77. The van der Waals surface area contributed by atoms with Crippen LogP contribution < -0.4 is 0 Å². The van der Waals surface area contributed by atoms with Crippen LogP contribution in [0.3, 0.4) is 0 Å².